The first-order valence-corrected chi connectivity index (χ1v) is 13.0. The molecule has 0 aliphatic heterocycles. The first kappa shape index (κ1) is 23.9. The number of phenolic OH excluding ortho intramolecular Hbond substituents is 2. The lowest BCUT2D eigenvalue weighted by molar-refractivity contribution is 0.477. The summed E-state index contributed by atoms with van der Waals surface area (Å²) in [5.41, 5.74) is 1.58. The Morgan fingerprint density at radius 2 is 1.35 bits per heavy atom. The van der Waals surface area contributed by atoms with Crippen molar-refractivity contribution in [1.29, 1.82) is 0 Å². The van der Waals surface area contributed by atoms with Gasteiger partial charge in [-0.15, -0.1) is 15.3 Å². The minimum absolute atomic E-state index is 0.0134. The second kappa shape index (κ2) is 9.67. The standard InChI is InChI=1S/C27H21N5O4S/c1-37(35,36)32-23-9-5-4-8-22(23)29-30-24-14-11-18-10-13-19(16-21(18)27(24)34)28-31-26-20-7-3-2-6-17(20)12-15-25(26)33/h2-16,32-34H,1H3. The Morgan fingerprint density at radius 1 is 0.676 bits per heavy atom. The summed E-state index contributed by atoms with van der Waals surface area (Å²) in [5, 5.41) is 41.0. The monoisotopic (exact) mass is 511 g/mol. The fraction of sp³-hybridized carbons (Fsp3) is 0.0370. The van der Waals surface area contributed by atoms with Crippen LogP contribution in [-0.2, 0) is 10.0 Å². The van der Waals surface area contributed by atoms with Gasteiger partial charge in [0.15, 0.2) is 5.75 Å². The molecule has 0 heterocycles. The third-order valence-electron chi connectivity index (χ3n) is 5.57. The van der Waals surface area contributed by atoms with Gasteiger partial charge in [-0.05, 0) is 47.2 Å². The smallest absolute Gasteiger partial charge is 0.229 e. The second-order valence-electron chi connectivity index (χ2n) is 8.28. The van der Waals surface area contributed by atoms with E-state index < -0.39 is 10.0 Å². The molecule has 0 aliphatic carbocycles. The number of rotatable bonds is 6. The van der Waals surface area contributed by atoms with Gasteiger partial charge in [0, 0.05) is 10.8 Å². The van der Waals surface area contributed by atoms with Crippen LogP contribution in [0.25, 0.3) is 21.5 Å². The Bertz CT molecular complexity index is 1820. The predicted octanol–water partition coefficient (Wildman–Crippen LogP) is 7.61. The maximum Gasteiger partial charge on any atom is 0.229 e. The molecule has 0 fully saturated rings. The van der Waals surface area contributed by atoms with Crippen LogP contribution in [0, 0.1) is 0 Å². The zero-order chi connectivity index (χ0) is 26.0. The molecule has 0 spiro atoms. The van der Waals surface area contributed by atoms with Crippen molar-refractivity contribution >= 4 is 60.0 Å². The van der Waals surface area contributed by atoms with Crippen LogP contribution in [0.2, 0.25) is 0 Å². The Kier molecular flexibility index (Phi) is 6.24. The zero-order valence-electron chi connectivity index (χ0n) is 19.6. The lowest BCUT2D eigenvalue weighted by atomic mass is 10.1. The van der Waals surface area contributed by atoms with Gasteiger partial charge in [-0.25, -0.2) is 8.42 Å². The topological polar surface area (TPSA) is 136 Å². The first-order chi connectivity index (χ1) is 17.8. The highest BCUT2D eigenvalue weighted by atomic mass is 32.2. The maximum atomic E-state index is 11.6. The van der Waals surface area contributed by atoms with Gasteiger partial charge in [0.05, 0.1) is 17.6 Å². The second-order valence-corrected chi connectivity index (χ2v) is 10.0. The molecule has 3 N–H and O–H groups in total. The number of hydrogen-bond donors (Lipinski definition) is 3. The molecule has 0 unspecified atom stereocenters. The van der Waals surface area contributed by atoms with Crippen LogP contribution < -0.4 is 4.72 Å². The molecule has 0 atom stereocenters. The number of para-hydroxylation sites is 1. The number of fused-ring (bicyclic) bond motifs is 2. The lowest BCUT2D eigenvalue weighted by Gasteiger charge is -2.07. The van der Waals surface area contributed by atoms with E-state index in [0.29, 0.717) is 22.4 Å². The average molecular weight is 512 g/mol. The van der Waals surface area contributed by atoms with Crippen LogP contribution in [0.15, 0.2) is 111 Å². The molecule has 0 amide bonds. The van der Waals surface area contributed by atoms with E-state index >= 15 is 0 Å². The Balaban J connectivity index is 1.49. The normalized spacial score (nSPS) is 12.1. The van der Waals surface area contributed by atoms with Crippen molar-refractivity contribution in [3.05, 3.63) is 91.0 Å². The first-order valence-electron chi connectivity index (χ1n) is 11.2. The van der Waals surface area contributed by atoms with Crippen molar-refractivity contribution in [3.63, 3.8) is 0 Å². The molecule has 184 valence electrons. The van der Waals surface area contributed by atoms with Crippen molar-refractivity contribution < 1.29 is 18.6 Å². The van der Waals surface area contributed by atoms with Crippen LogP contribution in [0.1, 0.15) is 0 Å². The molecule has 0 bridgehead atoms. The van der Waals surface area contributed by atoms with Crippen LogP contribution in [0.4, 0.5) is 28.4 Å². The summed E-state index contributed by atoms with van der Waals surface area (Å²) in [6.07, 6.45) is 1.05. The number of nitrogens with one attached hydrogen (secondary N) is 1. The van der Waals surface area contributed by atoms with E-state index in [1.54, 1.807) is 60.7 Å². The molecule has 37 heavy (non-hydrogen) atoms. The van der Waals surface area contributed by atoms with Crippen molar-refractivity contribution in [1.82, 2.24) is 0 Å². The minimum Gasteiger partial charge on any atom is -0.506 e. The summed E-state index contributed by atoms with van der Waals surface area (Å²) < 4.78 is 25.7. The summed E-state index contributed by atoms with van der Waals surface area (Å²) >= 11 is 0. The van der Waals surface area contributed by atoms with E-state index in [0.717, 1.165) is 22.4 Å². The highest BCUT2D eigenvalue weighted by molar-refractivity contribution is 7.92. The third-order valence-corrected chi connectivity index (χ3v) is 6.16. The van der Waals surface area contributed by atoms with Gasteiger partial charge < -0.3 is 10.2 Å². The number of anilines is 1. The Labute approximate surface area is 212 Å². The molecule has 0 saturated carbocycles. The van der Waals surface area contributed by atoms with Crippen molar-refractivity contribution in [2.24, 2.45) is 20.5 Å². The van der Waals surface area contributed by atoms with E-state index in [-0.39, 0.29) is 22.9 Å². The van der Waals surface area contributed by atoms with E-state index in [1.807, 2.05) is 30.3 Å². The largest absolute Gasteiger partial charge is 0.506 e. The number of nitrogens with zero attached hydrogens (tertiary/aromatic N) is 4. The van der Waals surface area contributed by atoms with Gasteiger partial charge in [-0.2, -0.15) is 5.11 Å². The van der Waals surface area contributed by atoms with E-state index in [9.17, 15) is 18.6 Å². The summed E-state index contributed by atoms with van der Waals surface area (Å²) in [6.45, 7) is 0. The zero-order valence-corrected chi connectivity index (χ0v) is 20.4. The molecule has 0 radical (unpaired) electrons. The molecule has 9 nitrogen and oxygen atoms in total. The van der Waals surface area contributed by atoms with Crippen LogP contribution in [-0.4, -0.2) is 24.9 Å². The van der Waals surface area contributed by atoms with Gasteiger partial charge in [0.25, 0.3) is 0 Å². The number of azo groups is 2. The molecule has 10 heteroatoms. The molecule has 0 aromatic heterocycles. The van der Waals surface area contributed by atoms with Crippen LogP contribution in [0.5, 0.6) is 11.5 Å². The van der Waals surface area contributed by atoms with Crippen LogP contribution in [0.3, 0.4) is 0 Å². The number of sulfonamides is 1. The highest BCUT2D eigenvalue weighted by Gasteiger charge is 2.10. The number of aromatic hydroxyl groups is 2. The van der Waals surface area contributed by atoms with Gasteiger partial charge in [0.2, 0.25) is 10.0 Å². The fourth-order valence-corrected chi connectivity index (χ4v) is 4.41. The molecular formula is C27H21N5O4S. The van der Waals surface area contributed by atoms with Crippen molar-refractivity contribution in [3.8, 4) is 11.5 Å². The third kappa shape index (κ3) is 5.24. The van der Waals surface area contributed by atoms with Gasteiger partial charge in [-0.1, -0.05) is 54.6 Å². The number of benzene rings is 5. The quantitative estimate of drug-likeness (QED) is 0.202. The Hall–Kier alpha value is -4.83. The molecule has 0 saturated heterocycles. The van der Waals surface area contributed by atoms with Gasteiger partial charge in [0.1, 0.15) is 22.8 Å². The van der Waals surface area contributed by atoms with Gasteiger partial charge >= 0.3 is 0 Å². The lowest BCUT2D eigenvalue weighted by Crippen LogP contribution is -2.09. The number of phenols is 2. The minimum atomic E-state index is -3.50. The molecule has 5 aromatic rings. The highest BCUT2D eigenvalue weighted by Crippen LogP contribution is 2.39. The predicted molar refractivity (Wildman–Crippen MR) is 144 cm³/mol. The summed E-state index contributed by atoms with van der Waals surface area (Å²) in [4.78, 5) is 0. The summed E-state index contributed by atoms with van der Waals surface area (Å²) in [6, 6.07) is 26.1. The average Bonchev–Trinajstić information content (AvgIpc) is 2.88. The summed E-state index contributed by atoms with van der Waals surface area (Å²) in [5.74, 6) is -0.0979. The number of hydrogen-bond acceptors (Lipinski definition) is 8. The molecule has 5 aromatic carbocycles. The van der Waals surface area contributed by atoms with Crippen LogP contribution >= 0.6 is 0 Å². The van der Waals surface area contributed by atoms with E-state index in [2.05, 4.69) is 25.2 Å². The van der Waals surface area contributed by atoms with Gasteiger partial charge in [-0.3, -0.25) is 4.72 Å². The van der Waals surface area contributed by atoms with E-state index in [1.165, 1.54) is 0 Å². The maximum absolute atomic E-state index is 11.6. The Morgan fingerprint density at radius 3 is 2.19 bits per heavy atom. The SMILES string of the molecule is CS(=O)(=O)Nc1ccccc1N=Nc1ccc2ccc(N=Nc3c(O)ccc4ccccc34)cc2c1O. The fourth-order valence-electron chi connectivity index (χ4n) is 3.83. The van der Waals surface area contributed by atoms with Crippen molar-refractivity contribution in [2.45, 2.75) is 0 Å². The molecular weight excluding hydrogens is 490 g/mol. The molecule has 5 rings (SSSR count). The summed E-state index contributed by atoms with van der Waals surface area (Å²) in [7, 11) is -3.50. The van der Waals surface area contributed by atoms with E-state index in [4.69, 9.17) is 0 Å². The van der Waals surface area contributed by atoms with Crippen molar-refractivity contribution in [2.75, 3.05) is 11.0 Å². The molecule has 0 aliphatic rings.